The Morgan fingerprint density at radius 1 is 1.40 bits per heavy atom. The van der Waals surface area contributed by atoms with E-state index in [0.717, 1.165) is 16.6 Å². The standard InChI is InChI=1S/C10H10BrF2NO/c1-6(11)4-14-5-7-2-8(12)10(15)9(13)3-7/h2-3,14-15H,1,4-5H2. The number of rotatable bonds is 4. The molecule has 0 heterocycles. The van der Waals surface area contributed by atoms with E-state index in [-0.39, 0.29) is 0 Å². The van der Waals surface area contributed by atoms with Gasteiger partial charge in [0.15, 0.2) is 17.4 Å². The lowest BCUT2D eigenvalue weighted by molar-refractivity contribution is 0.395. The lowest BCUT2D eigenvalue weighted by Gasteiger charge is -2.05. The minimum Gasteiger partial charge on any atom is -0.503 e. The van der Waals surface area contributed by atoms with Crippen LogP contribution in [-0.4, -0.2) is 11.7 Å². The fraction of sp³-hybridized carbons (Fsp3) is 0.200. The third-order valence-corrected chi connectivity index (χ3v) is 2.00. The second kappa shape index (κ2) is 5.23. The van der Waals surface area contributed by atoms with E-state index in [9.17, 15) is 8.78 Å². The van der Waals surface area contributed by atoms with Crippen molar-refractivity contribution < 1.29 is 13.9 Å². The summed E-state index contributed by atoms with van der Waals surface area (Å²) in [6.07, 6.45) is 0. The van der Waals surface area contributed by atoms with Crippen molar-refractivity contribution in [2.45, 2.75) is 6.54 Å². The molecule has 0 bridgehead atoms. The number of nitrogens with one attached hydrogen (secondary N) is 1. The molecule has 5 heteroatoms. The second-order valence-corrected chi connectivity index (χ2v) is 4.15. The van der Waals surface area contributed by atoms with Gasteiger partial charge in [-0.2, -0.15) is 0 Å². The van der Waals surface area contributed by atoms with E-state index >= 15 is 0 Å². The molecule has 0 aliphatic carbocycles. The quantitative estimate of drug-likeness (QED) is 0.887. The van der Waals surface area contributed by atoms with Gasteiger partial charge in [0.05, 0.1) is 0 Å². The van der Waals surface area contributed by atoms with Crippen molar-refractivity contribution in [2.24, 2.45) is 0 Å². The van der Waals surface area contributed by atoms with Crippen molar-refractivity contribution in [3.63, 3.8) is 0 Å². The highest BCUT2D eigenvalue weighted by Crippen LogP contribution is 2.21. The number of hydrogen-bond donors (Lipinski definition) is 2. The summed E-state index contributed by atoms with van der Waals surface area (Å²) in [4.78, 5) is 0. The Balaban J connectivity index is 2.66. The zero-order chi connectivity index (χ0) is 11.4. The molecular formula is C10H10BrF2NO. The van der Waals surface area contributed by atoms with Crippen LogP contribution in [0, 0.1) is 11.6 Å². The van der Waals surface area contributed by atoms with E-state index in [1.807, 2.05) is 0 Å². The van der Waals surface area contributed by atoms with Gasteiger partial charge in [-0.05, 0) is 17.7 Å². The zero-order valence-corrected chi connectivity index (χ0v) is 9.44. The number of benzene rings is 1. The number of phenolic OH excluding ortho intramolecular Hbond substituents is 1. The van der Waals surface area contributed by atoms with Gasteiger partial charge in [-0.3, -0.25) is 0 Å². The fourth-order valence-electron chi connectivity index (χ4n) is 1.06. The largest absolute Gasteiger partial charge is 0.503 e. The van der Waals surface area contributed by atoms with Crippen molar-refractivity contribution in [2.75, 3.05) is 6.54 Å². The van der Waals surface area contributed by atoms with E-state index in [2.05, 4.69) is 27.8 Å². The summed E-state index contributed by atoms with van der Waals surface area (Å²) in [6.45, 7) is 4.41. The van der Waals surface area contributed by atoms with Gasteiger partial charge in [-0.25, -0.2) is 8.78 Å². The van der Waals surface area contributed by atoms with Gasteiger partial charge in [-0.15, -0.1) is 0 Å². The number of halogens is 3. The molecule has 0 aliphatic heterocycles. The summed E-state index contributed by atoms with van der Waals surface area (Å²) in [5.74, 6) is -2.85. The van der Waals surface area contributed by atoms with Crippen LogP contribution in [0.15, 0.2) is 23.2 Å². The summed E-state index contributed by atoms with van der Waals surface area (Å²) in [5.41, 5.74) is 0.427. The Kier molecular flexibility index (Phi) is 4.23. The molecule has 0 amide bonds. The minimum atomic E-state index is -0.954. The van der Waals surface area contributed by atoms with E-state index in [1.165, 1.54) is 0 Å². The summed E-state index contributed by atoms with van der Waals surface area (Å²) >= 11 is 3.14. The van der Waals surface area contributed by atoms with Crippen LogP contribution in [0.25, 0.3) is 0 Å². The van der Waals surface area contributed by atoms with Crippen LogP contribution in [-0.2, 0) is 6.54 Å². The first-order chi connectivity index (χ1) is 7.00. The van der Waals surface area contributed by atoms with Gasteiger partial charge in [0.1, 0.15) is 0 Å². The van der Waals surface area contributed by atoms with E-state index in [4.69, 9.17) is 5.11 Å². The van der Waals surface area contributed by atoms with Crippen LogP contribution >= 0.6 is 15.9 Å². The van der Waals surface area contributed by atoms with Crippen LogP contribution in [0.1, 0.15) is 5.56 Å². The van der Waals surface area contributed by atoms with Gasteiger partial charge < -0.3 is 10.4 Å². The molecule has 0 saturated heterocycles. The van der Waals surface area contributed by atoms with Crippen molar-refractivity contribution >= 4 is 15.9 Å². The van der Waals surface area contributed by atoms with Crippen LogP contribution in [0.2, 0.25) is 0 Å². The van der Waals surface area contributed by atoms with Gasteiger partial charge in [-0.1, -0.05) is 22.5 Å². The normalized spacial score (nSPS) is 10.3. The molecular weight excluding hydrogens is 268 g/mol. The molecule has 0 aromatic heterocycles. The van der Waals surface area contributed by atoms with Gasteiger partial charge in [0, 0.05) is 17.6 Å². The molecule has 0 aliphatic rings. The Morgan fingerprint density at radius 3 is 2.40 bits per heavy atom. The summed E-state index contributed by atoms with van der Waals surface area (Å²) < 4.78 is 26.5. The maximum Gasteiger partial charge on any atom is 0.187 e. The molecule has 2 nitrogen and oxygen atoms in total. The first kappa shape index (κ1) is 12.1. The van der Waals surface area contributed by atoms with Crippen molar-refractivity contribution in [1.82, 2.24) is 5.32 Å². The molecule has 1 aromatic rings. The highest BCUT2D eigenvalue weighted by atomic mass is 79.9. The molecule has 0 spiro atoms. The molecule has 0 radical (unpaired) electrons. The van der Waals surface area contributed by atoms with Gasteiger partial charge in [0.25, 0.3) is 0 Å². The third kappa shape index (κ3) is 3.60. The first-order valence-corrected chi connectivity index (χ1v) is 5.01. The van der Waals surface area contributed by atoms with E-state index < -0.39 is 17.4 Å². The molecule has 0 unspecified atom stereocenters. The lowest BCUT2D eigenvalue weighted by atomic mass is 10.2. The molecule has 15 heavy (non-hydrogen) atoms. The van der Waals surface area contributed by atoms with Gasteiger partial charge in [0.2, 0.25) is 0 Å². The van der Waals surface area contributed by atoms with Crippen molar-refractivity contribution in [3.8, 4) is 5.75 Å². The molecule has 82 valence electrons. The first-order valence-electron chi connectivity index (χ1n) is 4.21. The van der Waals surface area contributed by atoms with Crippen LogP contribution in [0.3, 0.4) is 0 Å². The fourth-order valence-corrected chi connectivity index (χ4v) is 1.26. The Labute approximate surface area is 94.7 Å². The van der Waals surface area contributed by atoms with Crippen LogP contribution in [0.5, 0.6) is 5.75 Å². The highest BCUT2D eigenvalue weighted by Gasteiger charge is 2.08. The Hall–Kier alpha value is -0.940. The molecule has 0 atom stereocenters. The average Bonchev–Trinajstić information content (AvgIpc) is 2.13. The number of hydrogen-bond acceptors (Lipinski definition) is 2. The van der Waals surface area contributed by atoms with Crippen LogP contribution in [0.4, 0.5) is 8.78 Å². The van der Waals surface area contributed by atoms with Gasteiger partial charge >= 0.3 is 0 Å². The molecule has 0 saturated carbocycles. The van der Waals surface area contributed by atoms with Crippen molar-refractivity contribution in [1.29, 1.82) is 0 Å². The van der Waals surface area contributed by atoms with Crippen LogP contribution < -0.4 is 5.32 Å². The predicted octanol–water partition coefficient (Wildman–Crippen LogP) is 2.67. The summed E-state index contributed by atoms with van der Waals surface area (Å²) in [6, 6.07) is 2.17. The highest BCUT2D eigenvalue weighted by molar-refractivity contribution is 9.11. The molecule has 2 N–H and O–H groups in total. The third-order valence-electron chi connectivity index (χ3n) is 1.72. The number of phenols is 1. The average molecular weight is 278 g/mol. The minimum absolute atomic E-state index is 0.304. The summed E-state index contributed by atoms with van der Waals surface area (Å²) in [5, 5.41) is 11.8. The smallest absolute Gasteiger partial charge is 0.187 e. The monoisotopic (exact) mass is 277 g/mol. The number of aromatic hydroxyl groups is 1. The molecule has 0 fully saturated rings. The lowest BCUT2D eigenvalue weighted by Crippen LogP contribution is -2.14. The van der Waals surface area contributed by atoms with Crippen molar-refractivity contribution in [3.05, 3.63) is 40.4 Å². The van der Waals surface area contributed by atoms with E-state index in [0.29, 0.717) is 18.7 Å². The zero-order valence-electron chi connectivity index (χ0n) is 7.86. The molecule has 1 rings (SSSR count). The van der Waals surface area contributed by atoms with E-state index in [1.54, 1.807) is 0 Å². The maximum absolute atomic E-state index is 12.9. The maximum atomic E-state index is 12.9. The second-order valence-electron chi connectivity index (χ2n) is 3.03. The molecule has 1 aromatic carbocycles. The Bertz CT molecular complexity index is 359. The topological polar surface area (TPSA) is 32.3 Å². The SMILES string of the molecule is C=C(Br)CNCc1cc(F)c(O)c(F)c1. The summed E-state index contributed by atoms with van der Waals surface area (Å²) in [7, 11) is 0. The Morgan fingerprint density at radius 2 is 1.93 bits per heavy atom. The predicted molar refractivity (Wildman–Crippen MR) is 57.8 cm³/mol.